The molecule has 0 radical (unpaired) electrons. The fraction of sp³-hybridized carbons (Fsp3) is 0.478. The Morgan fingerprint density at radius 3 is 2.54 bits per heavy atom. The smallest absolute Gasteiger partial charge is 0.150 e. The van der Waals surface area contributed by atoms with Crippen molar-refractivity contribution in [1.29, 1.82) is 0 Å². The fourth-order valence-electron chi connectivity index (χ4n) is 5.98. The Bertz CT molecular complexity index is 842. The molecular formula is C23H27N3. The second-order valence-corrected chi connectivity index (χ2v) is 9.00. The van der Waals surface area contributed by atoms with Crippen LogP contribution in [0.1, 0.15) is 44.9 Å². The first-order valence-corrected chi connectivity index (χ1v) is 9.82. The lowest BCUT2D eigenvalue weighted by atomic mass is 9.68. The maximum absolute atomic E-state index is 5.30. The van der Waals surface area contributed by atoms with E-state index in [2.05, 4.69) is 73.1 Å². The van der Waals surface area contributed by atoms with Gasteiger partial charge in [0.05, 0.1) is 12.1 Å². The summed E-state index contributed by atoms with van der Waals surface area (Å²) in [5.74, 6) is 1.77. The molecule has 0 amide bonds. The van der Waals surface area contributed by atoms with Gasteiger partial charge < -0.3 is 4.90 Å². The summed E-state index contributed by atoms with van der Waals surface area (Å²) < 4.78 is 0. The Hall–Kier alpha value is -2.16. The predicted octanol–water partition coefficient (Wildman–Crippen LogP) is 4.54. The molecule has 0 spiro atoms. The van der Waals surface area contributed by atoms with Gasteiger partial charge in [0.25, 0.3) is 0 Å². The summed E-state index contributed by atoms with van der Waals surface area (Å²) in [5.41, 5.74) is 3.01. The van der Waals surface area contributed by atoms with Crippen LogP contribution in [0.25, 0.3) is 0 Å². The third kappa shape index (κ3) is 2.00. The molecule has 1 aromatic carbocycles. The van der Waals surface area contributed by atoms with Gasteiger partial charge in [0.2, 0.25) is 0 Å². The van der Waals surface area contributed by atoms with Crippen LogP contribution in [0.2, 0.25) is 0 Å². The third-order valence-corrected chi connectivity index (χ3v) is 7.73. The fourth-order valence-corrected chi connectivity index (χ4v) is 5.98. The van der Waals surface area contributed by atoms with Crippen LogP contribution in [0.5, 0.6) is 0 Å². The molecule has 2 fully saturated rings. The van der Waals surface area contributed by atoms with Crippen molar-refractivity contribution in [1.82, 2.24) is 9.88 Å². The third-order valence-electron chi connectivity index (χ3n) is 7.73. The van der Waals surface area contributed by atoms with Gasteiger partial charge in [-0.05, 0) is 47.3 Å². The number of aromatic nitrogens is 1. The molecular weight excluding hydrogens is 318 g/mol. The highest BCUT2D eigenvalue weighted by Gasteiger charge is 2.69. The molecule has 5 rings (SSSR count). The Labute approximate surface area is 156 Å². The Kier molecular flexibility index (Phi) is 3.34. The minimum atomic E-state index is 0.303. The molecule has 1 aromatic heterocycles. The summed E-state index contributed by atoms with van der Waals surface area (Å²) in [6, 6.07) is 17.8. The number of hydrogen-bond acceptors (Lipinski definition) is 3. The second-order valence-electron chi connectivity index (χ2n) is 9.00. The lowest BCUT2D eigenvalue weighted by molar-refractivity contribution is 0.0796. The lowest BCUT2D eigenvalue weighted by Crippen LogP contribution is -2.49. The van der Waals surface area contributed by atoms with E-state index >= 15 is 0 Å². The highest BCUT2D eigenvalue weighted by Crippen LogP contribution is 2.68. The molecule has 3 nitrogen and oxygen atoms in total. The average Bonchev–Trinajstić information content (AvgIpc) is 3.19. The zero-order valence-corrected chi connectivity index (χ0v) is 15.9. The van der Waals surface area contributed by atoms with E-state index in [0.29, 0.717) is 28.8 Å². The molecule has 0 saturated heterocycles. The van der Waals surface area contributed by atoms with E-state index in [1.54, 1.807) is 0 Å². The molecule has 2 bridgehead atoms. The van der Waals surface area contributed by atoms with Crippen molar-refractivity contribution in [3.63, 3.8) is 0 Å². The minimum Gasteiger partial charge on any atom is -0.345 e. The quantitative estimate of drug-likeness (QED) is 0.817. The van der Waals surface area contributed by atoms with Crippen LogP contribution in [0.4, 0.5) is 0 Å². The van der Waals surface area contributed by atoms with Crippen molar-refractivity contribution in [2.45, 2.75) is 52.2 Å². The first-order chi connectivity index (χ1) is 12.5. The van der Waals surface area contributed by atoms with E-state index in [1.807, 2.05) is 12.3 Å². The number of benzene rings is 1. The van der Waals surface area contributed by atoms with Gasteiger partial charge in [-0.1, -0.05) is 57.2 Å². The largest absolute Gasteiger partial charge is 0.345 e. The van der Waals surface area contributed by atoms with Crippen molar-refractivity contribution in [3.05, 3.63) is 66.0 Å². The van der Waals surface area contributed by atoms with Crippen molar-refractivity contribution >= 4 is 5.84 Å². The Morgan fingerprint density at radius 1 is 1.04 bits per heavy atom. The first-order valence-electron chi connectivity index (χ1n) is 9.82. The summed E-state index contributed by atoms with van der Waals surface area (Å²) in [4.78, 5) is 12.5. The zero-order valence-electron chi connectivity index (χ0n) is 15.9. The first kappa shape index (κ1) is 16.0. The van der Waals surface area contributed by atoms with Crippen molar-refractivity contribution in [3.8, 4) is 0 Å². The monoisotopic (exact) mass is 345 g/mol. The predicted molar refractivity (Wildman–Crippen MR) is 105 cm³/mol. The topological polar surface area (TPSA) is 28.5 Å². The summed E-state index contributed by atoms with van der Waals surface area (Å²) in [6.07, 6.45) is 4.50. The molecule has 2 aromatic rings. The summed E-state index contributed by atoms with van der Waals surface area (Å²) in [7, 11) is 0. The van der Waals surface area contributed by atoms with Crippen LogP contribution in [0.3, 0.4) is 0 Å². The van der Waals surface area contributed by atoms with E-state index in [0.717, 1.165) is 18.1 Å². The SMILES string of the molecule is CC1(C)[C@@H]2CC[C@@]1(C)[C@H]1[C@@H]2N=C(c2ccccn2)N1Cc1ccccc1. The number of rotatable bonds is 3. The molecule has 0 unspecified atom stereocenters. The maximum Gasteiger partial charge on any atom is 0.150 e. The normalized spacial score (nSPS) is 34.0. The molecule has 26 heavy (non-hydrogen) atoms. The number of aliphatic imine (C=N–C) groups is 1. The van der Waals surface area contributed by atoms with Gasteiger partial charge in [-0.25, -0.2) is 0 Å². The van der Waals surface area contributed by atoms with Gasteiger partial charge in [0, 0.05) is 12.7 Å². The Balaban J connectivity index is 1.60. The van der Waals surface area contributed by atoms with Crippen LogP contribution < -0.4 is 0 Å². The molecule has 3 heteroatoms. The van der Waals surface area contributed by atoms with Gasteiger partial charge in [-0.15, -0.1) is 0 Å². The molecule has 2 aliphatic carbocycles. The molecule has 2 saturated carbocycles. The van der Waals surface area contributed by atoms with Gasteiger partial charge in [0.15, 0.2) is 5.84 Å². The van der Waals surface area contributed by atoms with E-state index in [4.69, 9.17) is 4.99 Å². The second kappa shape index (κ2) is 5.42. The molecule has 2 heterocycles. The van der Waals surface area contributed by atoms with Gasteiger partial charge >= 0.3 is 0 Å². The van der Waals surface area contributed by atoms with Gasteiger partial charge in [-0.3, -0.25) is 9.98 Å². The zero-order chi connectivity index (χ0) is 17.9. The van der Waals surface area contributed by atoms with E-state index in [-0.39, 0.29) is 0 Å². The van der Waals surface area contributed by atoms with E-state index in [1.165, 1.54) is 18.4 Å². The van der Waals surface area contributed by atoms with Crippen molar-refractivity contribution in [2.24, 2.45) is 21.7 Å². The van der Waals surface area contributed by atoms with Crippen LogP contribution in [-0.2, 0) is 6.54 Å². The highest BCUT2D eigenvalue weighted by molar-refractivity contribution is 5.99. The number of hydrogen-bond donors (Lipinski definition) is 0. The van der Waals surface area contributed by atoms with Crippen molar-refractivity contribution < 1.29 is 0 Å². The van der Waals surface area contributed by atoms with Crippen LogP contribution in [0, 0.1) is 16.7 Å². The lowest BCUT2D eigenvalue weighted by Gasteiger charge is -2.43. The van der Waals surface area contributed by atoms with Crippen LogP contribution in [0.15, 0.2) is 59.7 Å². The molecule has 134 valence electrons. The van der Waals surface area contributed by atoms with Crippen molar-refractivity contribution in [2.75, 3.05) is 0 Å². The van der Waals surface area contributed by atoms with Crippen LogP contribution >= 0.6 is 0 Å². The number of fused-ring (bicyclic) bond motifs is 5. The molecule has 3 aliphatic rings. The summed E-state index contributed by atoms with van der Waals surface area (Å²) in [5, 5.41) is 0. The summed E-state index contributed by atoms with van der Waals surface area (Å²) in [6.45, 7) is 8.36. The standard InChI is InChI=1S/C23H27N3/c1-22(2)17-12-13-23(22,3)20-19(17)25-21(18-11-7-8-14-24-18)26(20)15-16-9-5-4-6-10-16/h4-11,14,17,19-20H,12-13,15H2,1-3H3/t17-,19-,20-,23+/m1/s1. The Morgan fingerprint density at radius 2 is 1.81 bits per heavy atom. The number of pyridine rings is 1. The van der Waals surface area contributed by atoms with Gasteiger partial charge in [0.1, 0.15) is 5.69 Å². The minimum absolute atomic E-state index is 0.303. The number of amidine groups is 1. The molecule has 1 aliphatic heterocycles. The molecule has 4 atom stereocenters. The number of nitrogens with zero attached hydrogens (tertiary/aromatic N) is 3. The van der Waals surface area contributed by atoms with E-state index < -0.39 is 0 Å². The average molecular weight is 345 g/mol. The van der Waals surface area contributed by atoms with Gasteiger partial charge in [-0.2, -0.15) is 0 Å². The highest BCUT2D eigenvalue weighted by atomic mass is 15.3. The van der Waals surface area contributed by atoms with Crippen LogP contribution in [-0.4, -0.2) is 27.8 Å². The van der Waals surface area contributed by atoms with E-state index in [9.17, 15) is 0 Å². The summed E-state index contributed by atoms with van der Waals surface area (Å²) >= 11 is 0. The maximum atomic E-state index is 5.30. The molecule has 0 N–H and O–H groups in total.